The fourth-order valence-electron chi connectivity index (χ4n) is 1.52. The van der Waals surface area contributed by atoms with Crippen molar-refractivity contribution in [3.8, 4) is 0 Å². The van der Waals surface area contributed by atoms with Crippen LogP contribution < -0.4 is 0 Å². The van der Waals surface area contributed by atoms with E-state index in [0.29, 0.717) is 5.39 Å². The van der Waals surface area contributed by atoms with E-state index >= 15 is 0 Å². The fourth-order valence-corrected chi connectivity index (χ4v) is 2.56. The quantitative estimate of drug-likeness (QED) is 0.614. The summed E-state index contributed by atoms with van der Waals surface area (Å²) in [4.78, 5) is -0.690. The van der Waals surface area contributed by atoms with Crippen LogP contribution in [0.15, 0.2) is 46.2 Å². The third kappa shape index (κ3) is 4.77. The average molecular weight is 334 g/mol. The van der Waals surface area contributed by atoms with E-state index in [0.717, 1.165) is 12.1 Å². The molecule has 10 heteroatoms. The van der Waals surface area contributed by atoms with Gasteiger partial charge in [0.15, 0.2) is 0 Å². The Morgan fingerprint density at radius 2 is 1.00 bits per heavy atom. The minimum absolute atomic E-state index is 0. The molecule has 6 nitrogen and oxygen atoms in total. The zero-order valence-corrected chi connectivity index (χ0v) is 16.4. The molecule has 0 atom stereocenters. The van der Waals surface area contributed by atoms with E-state index in [9.17, 15) is 16.8 Å². The van der Waals surface area contributed by atoms with Crippen LogP contribution in [-0.4, -0.2) is 85.1 Å². The van der Waals surface area contributed by atoms with Gasteiger partial charge >= 0.3 is 0 Å². The Balaban J connectivity index is 0.00000180. The minimum Gasteiger partial charge on any atom is -0.282 e. The van der Waals surface area contributed by atoms with Crippen LogP contribution in [0.25, 0.3) is 10.8 Å². The zero-order chi connectivity index (χ0) is 13.6. The number of hydrogen-bond donors (Lipinski definition) is 2. The molecule has 2 aromatic rings. The molecule has 2 radical (unpaired) electrons. The van der Waals surface area contributed by atoms with Crippen LogP contribution >= 0.6 is 0 Å². The number of hydrogen-bond acceptors (Lipinski definition) is 4. The Morgan fingerprint density at radius 1 is 0.650 bits per heavy atom. The summed E-state index contributed by atoms with van der Waals surface area (Å²) in [6.45, 7) is 0. The molecule has 0 fully saturated rings. The molecule has 0 spiro atoms. The third-order valence-electron chi connectivity index (χ3n) is 2.38. The van der Waals surface area contributed by atoms with Gasteiger partial charge in [0.25, 0.3) is 20.2 Å². The van der Waals surface area contributed by atoms with Gasteiger partial charge < -0.3 is 0 Å². The maximum atomic E-state index is 10.9. The van der Waals surface area contributed by atoms with Crippen LogP contribution in [0.4, 0.5) is 0 Å². The Morgan fingerprint density at radius 3 is 1.30 bits per heavy atom. The molecule has 0 aromatic heterocycles. The van der Waals surface area contributed by atoms with Gasteiger partial charge in [0.1, 0.15) is 0 Å². The molecular weight excluding hydrogens is 326 g/mol. The van der Waals surface area contributed by atoms with Crippen molar-refractivity contribution in [1.29, 1.82) is 0 Å². The van der Waals surface area contributed by atoms with E-state index in [1.165, 1.54) is 24.3 Å². The van der Waals surface area contributed by atoms with Crippen molar-refractivity contribution < 1.29 is 25.9 Å². The molecule has 0 aliphatic carbocycles. The first kappa shape index (κ1) is 20.5. The van der Waals surface area contributed by atoms with Crippen molar-refractivity contribution in [1.82, 2.24) is 0 Å². The van der Waals surface area contributed by atoms with Gasteiger partial charge in [0, 0.05) is 59.1 Å². The predicted octanol–water partition coefficient (Wildman–Crippen LogP) is 0.572. The SMILES string of the molecule is O=S(=O)(O)c1ccc2ccc(S(=O)(=O)O)cc2c1.[Na].[Na]. The fraction of sp³-hybridized carbons (Fsp3) is 0. The molecule has 0 saturated carbocycles. The van der Waals surface area contributed by atoms with Gasteiger partial charge in [-0.15, -0.1) is 0 Å². The minimum atomic E-state index is -4.35. The number of rotatable bonds is 2. The molecule has 2 rings (SSSR count). The maximum absolute atomic E-state index is 10.9. The summed E-state index contributed by atoms with van der Waals surface area (Å²) < 4.78 is 61.5. The number of fused-ring (bicyclic) bond motifs is 1. The first-order valence-electron chi connectivity index (χ1n) is 4.67. The van der Waals surface area contributed by atoms with Crippen molar-refractivity contribution in [3.63, 3.8) is 0 Å². The van der Waals surface area contributed by atoms with E-state index in [1.54, 1.807) is 0 Å². The van der Waals surface area contributed by atoms with Crippen molar-refractivity contribution in [2.45, 2.75) is 9.79 Å². The molecule has 20 heavy (non-hydrogen) atoms. The monoisotopic (exact) mass is 334 g/mol. The van der Waals surface area contributed by atoms with Crippen LogP contribution in [-0.2, 0) is 20.2 Å². The zero-order valence-electron chi connectivity index (χ0n) is 10.8. The van der Waals surface area contributed by atoms with E-state index in [-0.39, 0.29) is 74.3 Å². The smallest absolute Gasteiger partial charge is 0.282 e. The summed E-state index contributed by atoms with van der Waals surface area (Å²) >= 11 is 0. The van der Waals surface area contributed by atoms with Crippen molar-refractivity contribution >= 4 is 90.1 Å². The van der Waals surface area contributed by atoms with Crippen LogP contribution in [0.5, 0.6) is 0 Å². The number of benzene rings is 2. The van der Waals surface area contributed by atoms with Gasteiger partial charge in [-0.25, -0.2) is 0 Å². The van der Waals surface area contributed by atoms with Crippen molar-refractivity contribution in [3.05, 3.63) is 36.4 Å². The van der Waals surface area contributed by atoms with Crippen LogP contribution in [0.3, 0.4) is 0 Å². The molecule has 98 valence electrons. The standard InChI is InChI=1S/C10H8O6S2.2Na/c11-17(12,13)9-3-1-7-2-4-10(18(14,15)16)6-8(7)5-9;;/h1-6H,(H,11,12,13)(H,14,15,16);;. The van der Waals surface area contributed by atoms with Crippen LogP contribution in [0, 0.1) is 0 Å². The summed E-state index contributed by atoms with van der Waals surface area (Å²) in [7, 11) is -8.71. The van der Waals surface area contributed by atoms with Crippen LogP contribution in [0.1, 0.15) is 0 Å². The molecule has 0 unspecified atom stereocenters. The molecule has 0 bridgehead atoms. The van der Waals surface area contributed by atoms with E-state index in [4.69, 9.17) is 9.11 Å². The van der Waals surface area contributed by atoms with Gasteiger partial charge in [0.05, 0.1) is 9.79 Å². The first-order chi connectivity index (χ1) is 8.18. The summed E-state index contributed by atoms with van der Waals surface area (Å²) in [5.74, 6) is 0. The van der Waals surface area contributed by atoms with Crippen molar-refractivity contribution in [2.24, 2.45) is 0 Å². The summed E-state index contributed by atoms with van der Waals surface area (Å²) in [5.41, 5.74) is 0. The molecule has 0 amide bonds. The second-order valence-corrected chi connectivity index (χ2v) is 6.46. The Labute approximate surface area is 160 Å². The second-order valence-electron chi connectivity index (χ2n) is 3.62. The topological polar surface area (TPSA) is 109 Å². The molecule has 0 saturated heterocycles. The molecule has 0 heterocycles. The third-order valence-corrected chi connectivity index (χ3v) is 4.08. The van der Waals surface area contributed by atoms with Gasteiger partial charge in [-0.3, -0.25) is 9.11 Å². The van der Waals surface area contributed by atoms with Gasteiger partial charge in [-0.05, 0) is 35.0 Å². The summed E-state index contributed by atoms with van der Waals surface area (Å²) in [6, 6.07) is 7.49. The van der Waals surface area contributed by atoms with E-state index < -0.39 is 20.2 Å². The maximum Gasteiger partial charge on any atom is 0.294 e. The predicted molar refractivity (Wildman–Crippen MR) is 75.1 cm³/mol. The molecule has 0 aliphatic heterocycles. The largest absolute Gasteiger partial charge is 0.294 e. The van der Waals surface area contributed by atoms with Gasteiger partial charge in [-0.2, -0.15) is 16.8 Å². The Bertz CT molecular complexity index is 763. The van der Waals surface area contributed by atoms with Gasteiger partial charge in [0.2, 0.25) is 0 Å². The normalized spacial score (nSPS) is 11.5. The van der Waals surface area contributed by atoms with E-state index in [2.05, 4.69) is 0 Å². The summed E-state index contributed by atoms with van der Waals surface area (Å²) in [6.07, 6.45) is 0. The first-order valence-corrected chi connectivity index (χ1v) is 7.55. The molecule has 0 aliphatic rings. The molecular formula is C10H8Na2O6S2. The molecule has 2 N–H and O–H groups in total. The van der Waals surface area contributed by atoms with Crippen molar-refractivity contribution in [2.75, 3.05) is 0 Å². The Kier molecular flexibility index (Phi) is 7.37. The summed E-state index contributed by atoms with van der Waals surface area (Å²) in [5, 5.41) is 0.857. The second kappa shape index (κ2) is 7.19. The van der Waals surface area contributed by atoms with E-state index in [1.807, 2.05) is 0 Å². The molecule has 2 aromatic carbocycles. The average Bonchev–Trinajstić information content (AvgIpc) is 2.25. The van der Waals surface area contributed by atoms with Gasteiger partial charge in [-0.1, -0.05) is 12.1 Å². The Hall–Kier alpha value is 0.520. The van der Waals surface area contributed by atoms with Crippen LogP contribution in [0.2, 0.25) is 0 Å².